The van der Waals surface area contributed by atoms with Crippen molar-refractivity contribution in [2.45, 2.75) is 65.0 Å². The summed E-state index contributed by atoms with van der Waals surface area (Å²) in [5.41, 5.74) is 0.274. The largest absolute Gasteiger partial charge is 0.500 e. The molecule has 0 aromatic heterocycles. The normalized spacial score (nSPS) is 14.7. The lowest BCUT2D eigenvalue weighted by molar-refractivity contribution is 0.119. The SMILES string of the molecule is CO[Si](CCCCC(CCC[Si](OC)(OC)OC)C(C)(C)C)(OC)OC. The Morgan fingerprint density at radius 3 is 1.27 bits per heavy atom. The molecule has 0 aromatic carbocycles. The van der Waals surface area contributed by atoms with Crippen LogP contribution < -0.4 is 0 Å². The fraction of sp³-hybridized carbons (Fsp3) is 1.00. The highest BCUT2D eigenvalue weighted by atomic mass is 28.4. The molecule has 0 spiro atoms. The monoisotopic (exact) mass is 410 g/mol. The first-order valence-electron chi connectivity index (χ1n) is 9.49. The fourth-order valence-corrected chi connectivity index (χ4v) is 6.96. The van der Waals surface area contributed by atoms with E-state index in [2.05, 4.69) is 20.8 Å². The molecule has 1 atom stereocenters. The Hall–Kier alpha value is 0.194. The molecule has 0 N–H and O–H groups in total. The van der Waals surface area contributed by atoms with Gasteiger partial charge in [0.25, 0.3) is 0 Å². The zero-order chi connectivity index (χ0) is 20.3. The molecule has 1 unspecified atom stereocenters. The summed E-state index contributed by atoms with van der Waals surface area (Å²) in [6, 6.07) is 1.72. The molecule has 26 heavy (non-hydrogen) atoms. The highest BCUT2D eigenvalue weighted by molar-refractivity contribution is 6.60. The minimum atomic E-state index is -2.47. The fourth-order valence-electron chi connectivity index (χ4n) is 3.42. The van der Waals surface area contributed by atoms with Crippen molar-refractivity contribution in [3.63, 3.8) is 0 Å². The lowest BCUT2D eigenvalue weighted by atomic mass is 9.75. The van der Waals surface area contributed by atoms with E-state index in [1.807, 2.05) is 0 Å². The summed E-state index contributed by atoms with van der Waals surface area (Å²) >= 11 is 0. The summed E-state index contributed by atoms with van der Waals surface area (Å²) in [6.07, 6.45) is 5.59. The van der Waals surface area contributed by atoms with Crippen molar-refractivity contribution >= 4 is 17.6 Å². The molecule has 0 saturated heterocycles. The Labute approximate surface area is 163 Å². The molecule has 0 saturated carbocycles. The molecule has 0 aromatic rings. The third-order valence-electron chi connectivity index (χ3n) is 5.41. The van der Waals surface area contributed by atoms with E-state index >= 15 is 0 Å². The Balaban J connectivity index is 4.52. The Bertz CT molecular complexity index is 338. The van der Waals surface area contributed by atoms with E-state index in [-0.39, 0.29) is 5.41 Å². The molecule has 0 aliphatic carbocycles. The number of rotatable bonds is 15. The zero-order valence-electron chi connectivity index (χ0n) is 18.5. The van der Waals surface area contributed by atoms with Gasteiger partial charge >= 0.3 is 17.6 Å². The van der Waals surface area contributed by atoms with Crippen LogP contribution in [0.25, 0.3) is 0 Å². The van der Waals surface area contributed by atoms with Crippen molar-refractivity contribution in [2.75, 3.05) is 42.7 Å². The first kappa shape index (κ1) is 26.2. The number of hydrogen-bond acceptors (Lipinski definition) is 6. The average molecular weight is 411 g/mol. The lowest BCUT2D eigenvalue weighted by Crippen LogP contribution is -2.42. The molecule has 8 heteroatoms. The van der Waals surface area contributed by atoms with Gasteiger partial charge in [0.15, 0.2) is 0 Å². The van der Waals surface area contributed by atoms with Crippen molar-refractivity contribution in [2.24, 2.45) is 11.3 Å². The molecule has 6 nitrogen and oxygen atoms in total. The molecule has 0 rings (SSSR count). The molecular formula is C18H42O6Si2. The minimum Gasteiger partial charge on any atom is -0.377 e. The summed E-state index contributed by atoms with van der Waals surface area (Å²) in [5.74, 6) is 0.642. The van der Waals surface area contributed by atoms with Crippen LogP contribution in [0.15, 0.2) is 0 Å². The van der Waals surface area contributed by atoms with Gasteiger partial charge in [-0.15, -0.1) is 0 Å². The first-order valence-corrected chi connectivity index (χ1v) is 13.4. The second kappa shape index (κ2) is 12.6. The first-order chi connectivity index (χ1) is 12.2. The maximum absolute atomic E-state index is 5.53. The van der Waals surface area contributed by atoms with Gasteiger partial charge in [-0.1, -0.05) is 27.2 Å². The van der Waals surface area contributed by atoms with E-state index in [4.69, 9.17) is 26.6 Å². The average Bonchev–Trinajstić information content (AvgIpc) is 2.63. The van der Waals surface area contributed by atoms with E-state index in [1.165, 1.54) is 6.42 Å². The highest BCUT2D eigenvalue weighted by Crippen LogP contribution is 2.35. The third-order valence-corrected chi connectivity index (χ3v) is 11.1. The van der Waals surface area contributed by atoms with Gasteiger partial charge < -0.3 is 26.6 Å². The van der Waals surface area contributed by atoms with Crippen molar-refractivity contribution in [3.05, 3.63) is 0 Å². The molecule has 0 aliphatic heterocycles. The molecule has 0 aliphatic rings. The maximum Gasteiger partial charge on any atom is 0.500 e. The van der Waals surface area contributed by atoms with E-state index in [9.17, 15) is 0 Å². The van der Waals surface area contributed by atoms with E-state index in [1.54, 1.807) is 42.7 Å². The van der Waals surface area contributed by atoms with Crippen LogP contribution in [0.5, 0.6) is 0 Å². The Morgan fingerprint density at radius 2 is 0.923 bits per heavy atom. The lowest BCUT2D eigenvalue weighted by Gasteiger charge is -2.32. The van der Waals surface area contributed by atoms with E-state index < -0.39 is 17.6 Å². The van der Waals surface area contributed by atoms with Gasteiger partial charge in [-0.05, 0) is 37.0 Å². The van der Waals surface area contributed by atoms with Gasteiger partial charge in [-0.25, -0.2) is 0 Å². The summed E-state index contributed by atoms with van der Waals surface area (Å²) in [7, 11) is 5.15. The van der Waals surface area contributed by atoms with Gasteiger partial charge in [0.05, 0.1) is 0 Å². The summed E-state index contributed by atoms with van der Waals surface area (Å²) < 4.78 is 33.1. The zero-order valence-corrected chi connectivity index (χ0v) is 20.5. The van der Waals surface area contributed by atoms with Gasteiger partial charge in [-0.3, -0.25) is 0 Å². The van der Waals surface area contributed by atoms with Crippen LogP contribution in [0.4, 0.5) is 0 Å². The predicted molar refractivity (Wildman–Crippen MR) is 109 cm³/mol. The highest BCUT2D eigenvalue weighted by Gasteiger charge is 2.38. The van der Waals surface area contributed by atoms with Gasteiger partial charge in [0.2, 0.25) is 0 Å². The summed E-state index contributed by atoms with van der Waals surface area (Å²) in [4.78, 5) is 0. The van der Waals surface area contributed by atoms with Crippen molar-refractivity contribution in [1.82, 2.24) is 0 Å². The van der Waals surface area contributed by atoms with E-state index in [0.29, 0.717) is 5.92 Å². The molecule has 158 valence electrons. The van der Waals surface area contributed by atoms with Crippen molar-refractivity contribution < 1.29 is 26.6 Å². The molecule has 0 fully saturated rings. The van der Waals surface area contributed by atoms with Crippen molar-refractivity contribution in [3.8, 4) is 0 Å². The molecule has 0 radical (unpaired) electrons. The van der Waals surface area contributed by atoms with Crippen LogP contribution in [0.2, 0.25) is 12.1 Å². The number of unbranched alkanes of at least 4 members (excludes halogenated alkanes) is 1. The van der Waals surface area contributed by atoms with Gasteiger partial charge in [0, 0.05) is 54.7 Å². The Morgan fingerprint density at radius 1 is 0.577 bits per heavy atom. The molecule has 0 bridgehead atoms. The van der Waals surface area contributed by atoms with E-state index in [0.717, 1.165) is 37.8 Å². The van der Waals surface area contributed by atoms with Crippen LogP contribution >= 0.6 is 0 Å². The van der Waals surface area contributed by atoms with Crippen LogP contribution in [0.3, 0.4) is 0 Å². The minimum absolute atomic E-state index is 0.274. The number of hydrogen-bond donors (Lipinski definition) is 0. The standard InChI is InChI=1S/C18H42O6Si2/c1-18(2,3)17(14-12-16-26(22-7,23-8)24-9)13-10-11-15-25(19-4,20-5)21-6/h17H,10-16H2,1-9H3. The van der Waals surface area contributed by atoms with Crippen molar-refractivity contribution in [1.29, 1.82) is 0 Å². The second-order valence-electron chi connectivity index (χ2n) is 7.79. The Kier molecular flexibility index (Phi) is 12.7. The van der Waals surface area contributed by atoms with Crippen LogP contribution in [0, 0.1) is 11.3 Å². The third kappa shape index (κ3) is 8.47. The topological polar surface area (TPSA) is 55.4 Å². The smallest absolute Gasteiger partial charge is 0.377 e. The molecule has 0 amide bonds. The molecular weight excluding hydrogens is 368 g/mol. The quantitative estimate of drug-likeness (QED) is 0.295. The summed E-state index contributed by atoms with van der Waals surface area (Å²) in [5, 5.41) is 0. The van der Waals surface area contributed by atoms with Crippen LogP contribution in [-0.2, 0) is 26.6 Å². The molecule has 0 heterocycles. The summed E-state index contributed by atoms with van der Waals surface area (Å²) in [6.45, 7) is 6.97. The maximum atomic E-state index is 5.53. The van der Waals surface area contributed by atoms with Gasteiger partial charge in [-0.2, -0.15) is 0 Å². The van der Waals surface area contributed by atoms with Crippen LogP contribution in [0.1, 0.15) is 52.9 Å². The van der Waals surface area contributed by atoms with Gasteiger partial charge in [0.1, 0.15) is 0 Å². The van der Waals surface area contributed by atoms with Crippen LogP contribution in [-0.4, -0.2) is 60.3 Å². The second-order valence-corrected chi connectivity index (χ2v) is 14.0. The predicted octanol–water partition coefficient (Wildman–Crippen LogP) is 4.36.